The molecule has 0 amide bonds. The van der Waals surface area contributed by atoms with Crippen molar-refractivity contribution >= 4 is 7.12 Å². The first-order valence-corrected chi connectivity index (χ1v) is 8.67. The molecule has 4 fully saturated rings. The molecule has 4 nitrogen and oxygen atoms in total. The molecule has 5 rings (SSSR count). The predicted octanol–water partition coefficient (Wildman–Crippen LogP) is 2.53. The van der Waals surface area contributed by atoms with E-state index >= 15 is 0 Å². The van der Waals surface area contributed by atoms with Crippen LogP contribution in [0, 0.1) is 17.3 Å². The number of hydrogen-bond donors (Lipinski definition) is 2. The summed E-state index contributed by atoms with van der Waals surface area (Å²) in [5.41, 5.74) is 7.62. The van der Waals surface area contributed by atoms with E-state index in [1.807, 2.05) is 12.1 Å². The molecule has 1 aliphatic heterocycles. The minimum absolute atomic E-state index is 0.176. The lowest BCUT2D eigenvalue weighted by Crippen LogP contribution is -2.65. The van der Waals surface area contributed by atoms with E-state index in [0.29, 0.717) is 17.8 Å². The maximum Gasteiger partial charge on any atom is 0.475 e. The minimum Gasteiger partial charge on any atom is -0.508 e. The summed E-state index contributed by atoms with van der Waals surface area (Å²) in [5, 5.41) is 9.38. The number of nitrogens with two attached hydrogens (primary N) is 1. The third-order valence-electron chi connectivity index (χ3n) is 6.73. The summed E-state index contributed by atoms with van der Waals surface area (Å²) in [5.74, 6) is 1.39. The molecule has 3 aliphatic carbocycles. The van der Waals surface area contributed by atoms with E-state index in [2.05, 4.69) is 20.8 Å². The Balaban J connectivity index is 1.47. The van der Waals surface area contributed by atoms with Crippen LogP contribution in [0.15, 0.2) is 24.3 Å². The second-order valence-corrected chi connectivity index (χ2v) is 8.37. The highest BCUT2D eigenvalue weighted by molar-refractivity contribution is 6.47. The molecule has 1 saturated heterocycles. The molecule has 0 unspecified atom stereocenters. The van der Waals surface area contributed by atoms with E-state index in [1.54, 1.807) is 12.1 Å². The molecule has 5 heteroatoms. The zero-order chi connectivity index (χ0) is 16.4. The maximum absolute atomic E-state index is 9.38. The fraction of sp³-hybridized carbons (Fsp3) is 0.667. The predicted molar refractivity (Wildman–Crippen MR) is 89.9 cm³/mol. The average molecular weight is 315 g/mol. The molecular weight excluding hydrogens is 289 g/mol. The van der Waals surface area contributed by atoms with E-state index in [4.69, 9.17) is 15.0 Å². The quantitative estimate of drug-likeness (QED) is 0.841. The number of aromatic hydroxyl groups is 1. The maximum atomic E-state index is 9.38. The first-order chi connectivity index (χ1) is 10.8. The van der Waals surface area contributed by atoms with Crippen molar-refractivity contribution in [2.45, 2.75) is 57.7 Å². The van der Waals surface area contributed by atoms with Crippen LogP contribution in [0.5, 0.6) is 5.75 Å². The summed E-state index contributed by atoms with van der Waals surface area (Å²) in [6, 6.07) is 7.19. The van der Waals surface area contributed by atoms with Crippen LogP contribution in [0.4, 0.5) is 0 Å². The lowest BCUT2D eigenvalue weighted by atomic mass is 9.43. The summed E-state index contributed by atoms with van der Waals surface area (Å²) in [6.45, 7) is 6.94. The van der Waals surface area contributed by atoms with Crippen LogP contribution in [0.25, 0.3) is 0 Å². The molecule has 1 aromatic carbocycles. The van der Waals surface area contributed by atoms with Crippen molar-refractivity contribution in [1.29, 1.82) is 0 Å². The smallest absolute Gasteiger partial charge is 0.475 e. The topological polar surface area (TPSA) is 64.7 Å². The van der Waals surface area contributed by atoms with Crippen molar-refractivity contribution in [3.05, 3.63) is 29.8 Å². The van der Waals surface area contributed by atoms with Crippen molar-refractivity contribution in [2.24, 2.45) is 23.0 Å². The molecule has 4 aliphatic rings. The first kappa shape index (κ1) is 15.5. The third-order valence-corrected chi connectivity index (χ3v) is 6.73. The lowest BCUT2D eigenvalue weighted by molar-refractivity contribution is -0.199. The van der Waals surface area contributed by atoms with Crippen molar-refractivity contribution < 1.29 is 14.4 Å². The molecule has 1 aromatic rings. The van der Waals surface area contributed by atoms with Gasteiger partial charge in [-0.15, -0.1) is 0 Å². The molecule has 0 spiro atoms. The number of hydrogen-bond acceptors (Lipinski definition) is 4. The van der Waals surface area contributed by atoms with E-state index in [1.165, 1.54) is 6.42 Å². The van der Waals surface area contributed by atoms with Gasteiger partial charge in [0.1, 0.15) is 5.75 Å². The van der Waals surface area contributed by atoms with E-state index in [-0.39, 0.29) is 30.5 Å². The van der Waals surface area contributed by atoms with Gasteiger partial charge in [-0.05, 0) is 61.1 Å². The number of phenols is 1. The zero-order valence-electron chi connectivity index (χ0n) is 14.2. The molecule has 5 atom stereocenters. The van der Waals surface area contributed by atoms with Gasteiger partial charge in [0.2, 0.25) is 0 Å². The van der Waals surface area contributed by atoms with Crippen LogP contribution in [0.2, 0.25) is 0 Å². The summed E-state index contributed by atoms with van der Waals surface area (Å²) in [6.07, 6.45) is 3.20. The largest absolute Gasteiger partial charge is 0.508 e. The summed E-state index contributed by atoms with van der Waals surface area (Å²) in [7, 11) is -0.339. The van der Waals surface area contributed by atoms with Gasteiger partial charge in [-0.25, -0.2) is 0 Å². The highest BCUT2D eigenvalue weighted by Gasteiger charge is 2.68. The molecule has 124 valence electrons. The fourth-order valence-corrected chi connectivity index (χ4v) is 5.08. The van der Waals surface area contributed by atoms with Gasteiger partial charge in [-0.2, -0.15) is 0 Å². The van der Waals surface area contributed by atoms with Crippen LogP contribution in [0.1, 0.15) is 39.2 Å². The average Bonchev–Trinajstić information content (AvgIpc) is 2.86. The Hall–Kier alpha value is -1.04. The molecule has 0 radical (unpaired) electrons. The van der Waals surface area contributed by atoms with Crippen LogP contribution in [-0.2, 0) is 15.7 Å². The molecule has 0 aromatic heterocycles. The Morgan fingerprint density at radius 1 is 1.26 bits per heavy atom. The molecule has 23 heavy (non-hydrogen) atoms. The Kier molecular flexibility index (Phi) is 3.35. The lowest BCUT2D eigenvalue weighted by Gasteiger charge is -2.64. The van der Waals surface area contributed by atoms with Gasteiger partial charge in [-0.1, -0.05) is 26.0 Å². The zero-order valence-corrected chi connectivity index (χ0v) is 14.2. The summed E-state index contributed by atoms with van der Waals surface area (Å²) in [4.78, 5) is 0. The molecule has 3 saturated carbocycles. The van der Waals surface area contributed by atoms with Crippen LogP contribution >= 0.6 is 0 Å². The molecule has 3 N–H and O–H groups in total. The second-order valence-electron chi connectivity index (χ2n) is 8.37. The summed E-state index contributed by atoms with van der Waals surface area (Å²) >= 11 is 0. The van der Waals surface area contributed by atoms with Crippen LogP contribution in [0.3, 0.4) is 0 Å². The van der Waals surface area contributed by atoms with Crippen molar-refractivity contribution in [1.82, 2.24) is 0 Å². The Labute approximate surface area is 138 Å². The third kappa shape index (κ3) is 2.24. The van der Waals surface area contributed by atoms with E-state index in [9.17, 15) is 5.11 Å². The number of benzene rings is 1. The van der Waals surface area contributed by atoms with E-state index in [0.717, 1.165) is 17.9 Å². The molecule has 2 bridgehead atoms. The van der Waals surface area contributed by atoms with Crippen molar-refractivity contribution in [3.63, 3.8) is 0 Å². The Morgan fingerprint density at radius 2 is 1.96 bits per heavy atom. The second kappa shape index (κ2) is 4.98. The number of phenolic OH excluding ortho intramolecular Hbond substituents is 1. The van der Waals surface area contributed by atoms with Crippen LogP contribution < -0.4 is 5.73 Å². The number of rotatable bonds is 3. The Bertz CT molecular complexity index is 605. The first-order valence-electron chi connectivity index (χ1n) is 8.67. The van der Waals surface area contributed by atoms with Gasteiger partial charge in [0.15, 0.2) is 0 Å². The minimum atomic E-state index is -0.339. The van der Waals surface area contributed by atoms with Gasteiger partial charge >= 0.3 is 7.12 Å². The normalized spacial score (nSPS) is 38.8. The Morgan fingerprint density at radius 3 is 2.61 bits per heavy atom. The van der Waals surface area contributed by atoms with Crippen molar-refractivity contribution in [2.75, 3.05) is 0 Å². The van der Waals surface area contributed by atoms with Gasteiger partial charge < -0.3 is 20.1 Å². The van der Waals surface area contributed by atoms with Gasteiger partial charge in [0.05, 0.1) is 11.7 Å². The monoisotopic (exact) mass is 315 g/mol. The van der Waals surface area contributed by atoms with Crippen molar-refractivity contribution in [3.8, 4) is 5.75 Å². The highest BCUT2D eigenvalue weighted by Crippen LogP contribution is 2.65. The fourth-order valence-electron chi connectivity index (χ4n) is 5.08. The molecule has 1 heterocycles. The van der Waals surface area contributed by atoms with E-state index < -0.39 is 0 Å². The standard InChI is InChI=1S/C18H26BNO3/c1-17(2)12-9-14(17)18(3)15(10-12)22-19(23-18)16(20)8-11-4-6-13(21)7-5-11/h4-7,12,14-16,21H,8-10,20H2,1-3H3/t12-,14-,15+,16-,18-/m0/s1. The molecular formula is C18H26BNO3. The van der Waals surface area contributed by atoms with Gasteiger partial charge in [0, 0.05) is 5.94 Å². The van der Waals surface area contributed by atoms with Gasteiger partial charge in [0.25, 0.3) is 0 Å². The SMILES string of the molecule is CC1(C)[C@@H]2C[C@H]3OB([C@@H](N)Cc4ccc(O)cc4)O[C@@]3(C)[C@H]1C2. The summed E-state index contributed by atoms with van der Waals surface area (Å²) < 4.78 is 12.6. The highest BCUT2D eigenvalue weighted by atomic mass is 16.7. The van der Waals surface area contributed by atoms with Gasteiger partial charge in [-0.3, -0.25) is 0 Å². The van der Waals surface area contributed by atoms with Crippen LogP contribution in [-0.4, -0.2) is 29.9 Å².